The largest absolute Gasteiger partial charge is 0.485 e. The third kappa shape index (κ3) is 5.64. The third-order valence-electron chi connectivity index (χ3n) is 4.86. The van der Waals surface area contributed by atoms with Crippen LogP contribution in [0.5, 0.6) is 11.5 Å². The predicted molar refractivity (Wildman–Crippen MR) is 120 cm³/mol. The van der Waals surface area contributed by atoms with Crippen LogP contribution >= 0.6 is 0 Å². The number of nitrogens with zero attached hydrogens (tertiary/aromatic N) is 2. The average Bonchev–Trinajstić information content (AvgIpc) is 3.26. The topological polar surface area (TPSA) is 133 Å². The summed E-state index contributed by atoms with van der Waals surface area (Å²) < 4.78 is 22.2. The summed E-state index contributed by atoms with van der Waals surface area (Å²) in [4.78, 5) is 27.9. The number of aromatic nitrogens is 2. The number of benzene rings is 2. The minimum Gasteiger partial charge on any atom is -0.485 e. The van der Waals surface area contributed by atoms with Gasteiger partial charge in [-0.2, -0.15) is 4.98 Å². The Morgan fingerprint density at radius 3 is 2.68 bits per heavy atom. The Morgan fingerprint density at radius 2 is 1.94 bits per heavy atom. The molecule has 1 aliphatic heterocycles. The lowest BCUT2D eigenvalue weighted by atomic mass is 10.1. The van der Waals surface area contributed by atoms with Crippen molar-refractivity contribution in [2.75, 3.05) is 6.61 Å². The van der Waals surface area contributed by atoms with Gasteiger partial charge in [-0.15, -0.1) is 0 Å². The summed E-state index contributed by atoms with van der Waals surface area (Å²) in [5.74, 6) is 0.474. The van der Waals surface area contributed by atoms with Crippen molar-refractivity contribution in [2.24, 2.45) is 0 Å². The van der Waals surface area contributed by atoms with E-state index in [9.17, 15) is 14.7 Å². The van der Waals surface area contributed by atoms with Crippen LogP contribution in [0.1, 0.15) is 38.3 Å². The average molecular weight is 467 g/mol. The number of hydrogen-bond donors (Lipinski definition) is 2. The molecule has 4 rings (SSSR count). The van der Waals surface area contributed by atoms with Gasteiger partial charge in [0.15, 0.2) is 17.6 Å². The molecule has 2 heterocycles. The number of hydrogen-bond acceptors (Lipinski definition) is 8. The zero-order chi connectivity index (χ0) is 24.3. The molecular weight excluding hydrogens is 442 g/mol. The number of ether oxygens (including phenoxy) is 3. The van der Waals surface area contributed by atoms with Crippen LogP contribution in [-0.4, -0.2) is 45.6 Å². The first-order valence-corrected chi connectivity index (χ1v) is 10.7. The molecule has 178 valence electrons. The van der Waals surface area contributed by atoms with Gasteiger partial charge in [0.25, 0.3) is 0 Å². The second-order valence-corrected chi connectivity index (χ2v) is 8.74. The van der Waals surface area contributed by atoms with Crippen LogP contribution in [0, 0.1) is 0 Å². The number of carbonyl (C=O) groups excluding carboxylic acids is 1. The van der Waals surface area contributed by atoms with Crippen molar-refractivity contribution < 1.29 is 33.4 Å². The SMILES string of the molecule is CC(C)(C)OC(=O)N[C@@H](Cc1nc(-c2cccc([C@H]3COc4ccccc4O3)c2)no1)C(=O)O. The fourth-order valence-electron chi connectivity index (χ4n) is 3.34. The Bertz CT molecular complexity index is 1190. The zero-order valence-corrected chi connectivity index (χ0v) is 19.0. The Kier molecular flexibility index (Phi) is 6.40. The first-order chi connectivity index (χ1) is 16.2. The van der Waals surface area contributed by atoms with E-state index in [0.717, 1.165) is 5.56 Å². The number of carboxylic acid groups (broad SMARTS) is 1. The van der Waals surface area contributed by atoms with Crippen molar-refractivity contribution in [3.63, 3.8) is 0 Å². The number of alkyl carbamates (subject to hydrolysis) is 1. The van der Waals surface area contributed by atoms with Crippen LogP contribution in [0.2, 0.25) is 0 Å². The highest BCUT2D eigenvalue weighted by Gasteiger charge is 2.27. The molecule has 0 saturated heterocycles. The van der Waals surface area contributed by atoms with E-state index in [1.54, 1.807) is 20.8 Å². The summed E-state index contributed by atoms with van der Waals surface area (Å²) in [6, 6.07) is 13.6. The first-order valence-electron chi connectivity index (χ1n) is 10.7. The molecule has 1 aromatic heterocycles. The van der Waals surface area contributed by atoms with Crippen molar-refractivity contribution in [1.29, 1.82) is 0 Å². The van der Waals surface area contributed by atoms with Gasteiger partial charge in [0.2, 0.25) is 11.7 Å². The smallest absolute Gasteiger partial charge is 0.408 e. The maximum atomic E-state index is 12.0. The number of fused-ring (bicyclic) bond motifs is 1. The highest BCUT2D eigenvalue weighted by Crippen LogP contribution is 2.36. The van der Waals surface area contributed by atoms with E-state index in [4.69, 9.17) is 18.7 Å². The molecule has 1 aliphatic rings. The van der Waals surface area contributed by atoms with Crippen LogP contribution in [0.25, 0.3) is 11.4 Å². The van der Waals surface area contributed by atoms with E-state index in [1.807, 2.05) is 48.5 Å². The van der Waals surface area contributed by atoms with Crippen LogP contribution < -0.4 is 14.8 Å². The molecule has 2 N–H and O–H groups in total. The molecule has 0 radical (unpaired) electrons. The second-order valence-electron chi connectivity index (χ2n) is 8.74. The molecule has 1 amide bonds. The Morgan fingerprint density at radius 1 is 1.18 bits per heavy atom. The van der Waals surface area contributed by atoms with Crippen molar-refractivity contribution in [3.05, 3.63) is 60.0 Å². The number of amides is 1. The van der Waals surface area contributed by atoms with Crippen molar-refractivity contribution in [3.8, 4) is 22.9 Å². The highest BCUT2D eigenvalue weighted by atomic mass is 16.6. The van der Waals surface area contributed by atoms with Crippen LogP contribution in [0.3, 0.4) is 0 Å². The summed E-state index contributed by atoms with van der Waals surface area (Å²) in [5, 5.41) is 15.7. The standard InChI is InChI=1S/C24H25N3O7/c1-24(2,3)33-23(30)25-16(22(28)29)12-20-26-21(27-34-20)15-8-6-7-14(11-15)19-13-31-17-9-4-5-10-18(17)32-19/h4-11,16,19H,12-13H2,1-3H3,(H,25,30)(H,28,29)/t16-,19+/m0/s1. The van der Waals surface area contributed by atoms with Gasteiger partial charge in [-0.25, -0.2) is 9.59 Å². The Balaban J connectivity index is 1.46. The van der Waals surface area contributed by atoms with E-state index < -0.39 is 23.7 Å². The van der Waals surface area contributed by atoms with E-state index in [1.165, 1.54) is 0 Å². The summed E-state index contributed by atoms with van der Waals surface area (Å²) in [5.41, 5.74) is 0.778. The predicted octanol–water partition coefficient (Wildman–Crippen LogP) is 3.77. The van der Waals surface area contributed by atoms with Crippen LogP contribution in [0.4, 0.5) is 4.79 Å². The quantitative estimate of drug-likeness (QED) is 0.556. The molecule has 2 aromatic carbocycles. The molecule has 10 heteroatoms. The number of carbonyl (C=O) groups is 2. The lowest BCUT2D eigenvalue weighted by Crippen LogP contribution is -2.44. The summed E-state index contributed by atoms with van der Waals surface area (Å²) in [6.07, 6.45) is -1.35. The van der Waals surface area contributed by atoms with Crippen molar-refractivity contribution in [2.45, 2.75) is 44.9 Å². The maximum absolute atomic E-state index is 12.0. The normalized spacial score (nSPS) is 15.9. The maximum Gasteiger partial charge on any atom is 0.408 e. The number of aliphatic carboxylic acids is 1. The molecule has 10 nitrogen and oxygen atoms in total. The molecule has 0 unspecified atom stereocenters. The van der Waals surface area contributed by atoms with E-state index in [0.29, 0.717) is 23.7 Å². The van der Waals surface area contributed by atoms with Crippen molar-refractivity contribution in [1.82, 2.24) is 15.5 Å². The number of rotatable bonds is 6. The molecule has 0 aliphatic carbocycles. The molecule has 3 aromatic rings. The molecule has 0 saturated carbocycles. The van der Waals surface area contributed by atoms with Crippen LogP contribution in [-0.2, 0) is 16.0 Å². The van der Waals surface area contributed by atoms with E-state index >= 15 is 0 Å². The van der Waals surface area contributed by atoms with E-state index in [2.05, 4.69) is 15.5 Å². The summed E-state index contributed by atoms with van der Waals surface area (Å²) in [7, 11) is 0. The van der Waals surface area contributed by atoms with Gasteiger partial charge in [0.1, 0.15) is 18.2 Å². The fraction of sp³-hybridized carbons (Fsp3) is 0.333. The van der Waals surface area contributed by atoms with Gasteiger partial charge in [-0.1, -0.05) is 35.5 Å². The third-order valence-corrected chi connectivity index (χ3v) is 4.86. The van der Waals surface area contributed by atoms with Gasteiger partial charge in [0.05, 0.1) is 6.42 Å². The van der Waals surface area contributed by atoms with Gasteiger partial charge in [-0.3, -0.25) is 0 Å². The lowest BCUT2D eigenvalue weighted by molar-refractivity contribution is -0.139. The summed E-state index contributed by atoms with van der Waals surface area (Å²) >= 11 is 0. The number of carboxylic acids is 1. The molecular formula is C24H25N3O7. The summed E-state index contributed by atoms with van der Waals surface area (Å²) in [6.45, 7) is 5.41. The Hall–Kier alpha value is -4.08. The Labute approximate surface area is 195 Å². The minimum absolute atomic E-state index is 0.0649. The van der Waals surface area contributed by atoms with Gasteiger partial charge >= 0.3 is 12.1 Å². The molecule has 0 bridgehead atoms. The molecule has 0 spiro atoms. The van der Waals surface area contributed by atoms with Gasteiger partial charge < -0.3 is 29.2 Å². The number of nitrogens with one attached hydrogen (secondary N) is 1. The molecule has 0 fully saturated rings. The second kappa shape index (κ2) is 9.42. The van der Waals surface area contributed by atoms with Gasteiger partial charge in [-0.05, 0) is 44.5 Å². The lowest BCUT2D eigenvalue weighted by Gasteiger charge is -2.26. The highest BCUT2D eigenvalue weighted by molar-refractivity contribution is 5.80. The fourth-order valence-corrected chi connectivity index (χ4v) is 3.34. The first kappa shape index (κ1) is 23.1. The van der Waals surface area contributed by atoms with Gasteiger partial charge in [0, 0.05) is 5.56 Å². The van der Waals surface area contributed by atoms with Crippen molar-refractivity contribution >= 4 is 12.1 Å². The monoisotopic (exact) mass is 467 g/mol. The van der Waals surface area contributed by atoms with E-state index in [-0.39, 0.29) is 24.2 Å². The van der Waals surface area contributed by atoms with Crippen LogP contribution in [0.15, 0.2) is 53.1 Å². The molecule has 2 atom stereocenters. The minimum atomic E-state index is -1.29. The number of para-hydroxylation sites is 2. The zero-order valence-electron chi connectivity index (χ0n) is 19.0. The molecule has 34 heavy (non-hydrogen) atoms.